The lowest BCUT2D eigenvalue weighted by Gasteiger charge is -2.18. The molecule has 33 heavy (non-hydrogen) atoms. The standard InChI is InChI=1S/C25H23N3O5/c29-23(28-26-16-18-11-13-21(14-12-18)33-17-24(30)31)15-22(19-7-3-1-4-8-19)27-25(32)20-9-5-2-6-10-20/h1-14,16,22H,15,17H2,(H,27,32)(H,28,29)(H,30,31)/b26-16-/t22-/m1/s1. The zero-order valence-electron chi connectivity index (χ0n) is 17.7. The fraction of sp³-hybridized carbons (Fsp3) is 0.120. The Balaban J connectivity index is 1.59. The molecule has 0 bridgehead atoms. The summed E-state index contributed by atoms with van der Waals surface area (Å²) in [5, 5.41) is 15.5. The van der Waals surface area contributed by atoms with Crippen LogP contribution < -0.4 is 15.5 Å². The summed E-state index contributed by atoms with van der Waals surface area (Å²) < 4.78 is 5.07. The molecule has 2 amide bonds. The number of rotatable bonds is 10. The van der Waals surface area contributed by atoms with Crippen LogP contribution in [0.4, 0.5) is 0 Å². The Morgan fingerprint density at radius 3 is 2.18 bits per heavy atom. The fourth-order valence-corrected chi connectivity index (χ4v) is 2.97. The number of hydrogen-bond acceptors (Lipinski definition) is 5. The molecule has 0 fully saturated rings. The van der Waals surface area contributed by atoms with Crippen LogP contribution in [0.5, 0.6) is 5.75 Å². The smallest absolute Gasteiger partial charge is 0.341 e. The number of benzene rings is 3. The van der Waals surface area contributed by atoms with Gasteiger partial charge in [0.2, 0.25) is 5.91 Å². The van der Waals surface area contributed by atoms with Crippen molar-refractivity contribution in [1.82, 2.24) is 10.7 Å². The zero-order chi connectivity index (χ0) is 23.5. The van der Waals surface area contributed by atoms with Gasteiger partial charge < -0.3 is 15.2 Å². The Labute approximate surface area is 190 Å². The molecule has 0 saturated heterocycles. The van der Waals surface area contributed by atoms with Gasteiger partial charge in [0.05, 0.1) is 18.7 Å². The number of carboxylic acids is 1. The molecule has 0 aliphatic carbocycles. The molecule has 0 heterocycles. The summed E-state index contributed by atoms with van der Waals surface area (Å²) in [6.45, 7) is -0.424. The first-order chi connectivity index (χ1) is 16.0. The monoisotopic (exact) mass is 445 g/mol. The lowest BCUT2D eigenvalue weighted by molar-refractivity contribution is -0.139. The van der Waals surface area contributed by atoms with Crippen LogP contribution in [0.15, 0.2) is 90.0 Å². The average molecular weight is 445 g/mol. The van der Waals surface area contributed by atoms with Crippen molar-refractivity contribution in [3.05, 3.63) is 102 Å². The van der Waals surface area contributed by atoms with Crippen molar-refractivity contribution in [1.29, 1.82) is 0 Å². The molecular formula is C25H23N3O5. The summed E-state index contributed by atoms with van der Waals surface area (Å²) in [7, 11) is 0. The molecule has 8 heteroatoms. The highest BCUT2D eigenvalue weighted by atomic mass is 16.5. The van der Waals surface area contributed by atoms with Gasteiger partial charge in [-0.1, -0.05) is 48.5 Å². The van der Waals surface area contributed by atoms with E-state index in [2.05, 4.69) is 15.8 Å². The number of carbonyl (C=O) groups excluding carboxylic acids is 2. The van der Waals surface area contributed by atoms with Crippen molar-refractivity contribution in [3.63, 3.8) is 0 Å². The highest BCUT2D eigenvalue weighted by Gasteiger charge is 2.19. The van der Waals surface area contributed by atoms with Crippen LogP contribution in [-0.4, -0.2) is 35.7 Å². The second kappa shape index (κ2) is 11.8. The number of nitrogens with one attached hydrogen (secondary N) is 2. The maximum Gasteiger partial charge on any atom is 0.341 e. The van der Waals surface area contributed by atoms with Crippen molar-refractivity contribution in [2.45, 2.75) is 12.5 Å². The molecule has 1 atom stereocenters. The summed E-state index contributed by atoms with van der Waals surface area (Å²) >= 11 is 0. The first-order valence-electron chi connectivity index (χ1n) is 10.2. The topological polar surface area (TPSA) is 117 Å². The van der Waals surface area contributed by atoms with Gasteiger partial charge in [0.25, 0.3) is 5.91 Å². The van der Waals surface area contributed by atoms with Crippen LogP contribution in [0.25, 0.3) is 0 Å². The predicted octanol–water partition coefficient (Wildman–Crippen LogP) is 3.16. The van der Waals surface area contributed by atoms with Crippen LogP contribution in [0.1, 0.15) is 33.9 Å². The average Bonchev–Trinajstić information content (AvgIpc) is 2.84. The Morgan fingerprint density at radius 1 is 0.909 bits per heavy atom. The first-order valence-corrected chi connectivity index (χ1v) is 10.2. The number of nitrogens with zero attached hydrogens (tertiary/aromatic N) is 1. The van der Waals surface area contributed by atoms with Crippen molar-refractivity contribution >= 4 is 24.0 Å². The third-order valence-corrected chi connectivity index (χ3v) is 4.58. The van der Waals surface area contributed by atoms with Crippen LogP contribution in [0.3, 0.4) is 0 Å². The van der Waals surface area contributed by atoms with Gasteiger partial charge in [0, 0.05) is 5.56 Å². The maximum atomic E-state index is 12.6. The Bertz CT molecular complexity index is 1100. The summed E-state index contributed by atoms with van der Waals surface area (Å²) in [4.78, 5) is 35.6. The highest BCUT2D eigenvalue weighted by Crippen LogP contribution is 2.17. The van der Waals surface area contributed by atoms with E-state index in [-0.39, 0.29) is 18.2 Å². The number of hydrazone groups is 1. The summed E-state index contributed by atoms with van der Waals surface area (Å²) in [6.07, 6.45) is 1.46. The molecule has 3 N–H and O–H groups in total. The van der Waals surface area contributed by atoms with Gasteiger partial charge in [-0.3, -0.25) is 9.59 Å². The quantitative estimate of drug-likeness (QED) is 0.327. The molecule has 168 valence electrons. The van der Waals surface area contributed by atoms with E-state index >= 15 is 0 Å². The molecule has 0 unspecified atom stereocenters. The normalized spacial score (nSPS) is 11.5. The van der Waals surface area contributed by atoms with Crippen LogP contribution in [0, 0.1) is 0 Å². The van der Waals surface area contributed by atoms with E-state index in [9.17, 15) is 14.4 Å². The minimum absolute atomic E-state index is 0.00188. The maximum absolute atomic E-state index is 12.6. The number of amides is 2. The van der Waals surface area contributed by atoms with Gasteiger partial charge in [0.15, 0.2) is 6.61 Å². The van der Waals surface area contributed by atoms with Gasteiger partial charge in [-0.25, -0.2) is 10.2 Å². The Hall–Kier alpha value is -4.46. The number of aliphatic carboxylic acids is 1. The lowest BCUT2D eigenvalue weighted by atomic mass is 10.0. The zero-order valence-corrected chi connectivity index (χ0v) is 17.7. The lowest BCUT2D eigenvalue weighted by Crippen LogP contribution is -2.32. The molecule has 3 aromatic rings. The number of hydrogen-bond donors (Lipinski definition) is 3. The summed E-state index contributed by atoms with van der Waals surface area (Å²) in [5.41, 5.74) is 4.47. The van der Waals surface area contributed by atoms with E-state index in [1.807, 2.05) is 36.4 Å². The minimum Gasteiger partial charge on any atom is -0.482 e. The van der Waals surface area contributed by atoms with Crippen molar-refractivity contribution in [2.75, 3.05) is 6.61 Å². The molecule has 8 nitrogen and oxygen atoms in total. The van der Waals surface area contributed by atoms with E-state index in [0.29, 0.717) is 16.9 Å². The summed E-state index contributed by atoms with van der Waals surface area (Å²) in [5.74, 6) is -1.28. The minimum atomic E-state index is -1.06. The molecule has 0 aromatic heterocycles. The summed E-state index contributed by atoms with van der Waals surface area (Å²) in [6, 6.07) is 24.1. The van der Waals surface area contributed by atoms with Crippen molar-refractivity contribution < 1.29 is 24.2 Å². The molecule has 0 aliphatic rings. The molecule has 3 rings (SSSR count). The molecule has 0 spiro atoms. The van der Waals surface area contributed by atoms with E-state index in [1.165, 1.54) is 6.21 Å². The third kappa shape index (κ3) is 7.62. The molecule has 0 aliphatic heterocycles. The predicted molar refractivity (Wildman–Crippen MR) is 123 cm³/mol. The molecule has 0 radical (unpaired) electrons. The van der Waals surface area contributed by atoms with Crippen molar-refractivity contribution in [2.24, 2.45) is 5.10 Å². The second-order valence-corrected chi connectivity index (χ2v) is 7.05. The largest absolute Gasteiger partial charge is 0.482 e. The second-order valence-electron chi connectivity index (χ2n) is 7.05. The van der Waals surface area contributed by atoms with Gasteiger partial charge in [-0.2, -0.15) is 5.10 Å². The Morgan fingerprint density at radius 2 is 1.55 bits per heavy atom. The van der Waals surface area contributed by atoms with Gasteiger partial charge >= 0.3 is 5.97 Å². The molecule has 3 aromatic carbocycles. The SMILES string of the molecule is O=C(O)COc1ccc(/C=N\NC(=O)C[C@@H](NC(=O)c2ccccc2)c2ccccc2)cc1. The molecule has 0 saturated carbocycles. The first kappa shape index (κ1) is 23.2. The van der Waals surface area contributed by atoms with Gasteiger partial charge in [-0.15, -0.1) is 0 Å². The van der Waals surface area contributed by atoms with Crippen LogP contribution in [-0.2, 0) is 9.59 Å². The fourth-order valence-electron chi connectivity index (χ4n) is 2.97. The number of carbonyl (C=O) groups is 3. The van der Waals surface area contributed by atoms with Crippen molar-refractivity contribution in [3.8, 4) is 5.75 Å². The van der Waals surface area contributed by atoms with E-state index in [0.717, 1.165) is 5.56 Å². The van der Waals surface area contributed by atoms with E-state index in [4.69, 9.17) is 9.84 Å². The number of carboxylic acid groups (broad SMARTS) is 1. The van der Waals surface area contributed by atoms with Crippen LogP contribution in [0.2, 0.25) is 0 Å². The van der Waals surface area contributed by atoms with Gasteiger partial charge in [-0.05, 0) is 47.5 Å². The third-order valence-electron chi connectivity index (χ3n) is 4.58. The van der Waals surface area contributed by atoms with E-state index < -0.39 is 18.6 Å². The Kier molecular flexibility index (Phi) is 8.30. The highest BCUT2D eigenvalue weighted by molar-refractivity contribution is 5.94. The van der Waals surface area contributed by atoms with E-state index in [1.54, 1.807) is 48.5 Å². The van der Waals surface area contributed by atoms with Gasteiger partial charge in [0.1, 0.15) is 5.75 Å². The molecular weight excluding hydrogens is 422 g/mol. The number of ether oxygens (including phenoxy) is 1. The van der Waals surface area contributed by atoms with Crippen LogP contribution >= 0.6 is 0 Å².